The third kappa shape index (κ3) is 3.31. The quantitative estimate of drug-likeness (QED) is 0.869. The summed E-state index contributed by atoms with van der Waals surface area (Å²) in [6.07, 6.45) is 0. The zero-order chi connectivity index (χ0) is 15.6. The third-order valence-corrected chi connectivity index (χ3v) is 3.00. The summed E-state index contributed by atoms with van der Waals surface area (Å²) in [4.78, 5) is 23.6. The first kappa shape index (κ1) is 14.8. The molecule has 2 heterocycles. The topological polar surface area (TPSA) is 94.6 Å². The Morgan fingerprint density at radius 1 is 1.24 bits per heavy atom. The molecule has 7 heteroatoms. The highest BCUT2D eigenvalue weighted by Gasteiger charge is 2.20. The molecular weight excluding hydrogens is 276 g/mol. The Balaban J connectivity index is 1.93. The van der Waals surface area contributed by atoms with Crippen LogP contribution in [-0.2, 0) is 9.53 Å². The van der Waals surface area contributed by atoms with E-state index in [9.17, 15) is 9.59 Å². The predicted molar refractivity (Wildman–Crippen MR) is 73.1 cm³/mol. The number of rotatable bonds is 4. The maximum Gasteiger partial charge on any atom is 0.342 e. The zero-order valence-electron chi connectivity index (χ0n) is 12.3. The van der Waals surface area contributed by atoms with E-state index in [-0.39, 0.29) is 5.82 Å². The van der Waals surface area contributed by atoms with Crippen LogP contribution in [0.5, 0.6) is 0 Å². The molecule has 0 fully saturated rings. The number of carbonyl (C=O) groups excluding carboxylic acids is 2. The summed E-state index contributed by atoms with van der Waals surface area (Å²) in [5, 5.41) is 6.07. The molecular formula is C14H16N2O5. The molecule has 0 spiro atoms. The van der Waals surface area contributed by atoms with Crippen molar-refractivity contribution in [3.8, 4) is 0 Å². The first-order valence-electron chi connectivity index (χ1n) is 6.35. The number of furan rings is 1. The number of hydrogen-bond donors (Lipinski definition) is 1. The second-order valence-corrected chi connectivity index (χ2v) is 4.66. The maximum absolute atomic E-state index is 12.0. The fourth-order valence-corrected chi connectivity index (χ4v) is 1.90. The number of ether oxygens (including phenoxy) is 1. The predicted octanol–water partition coefficient (Wildman–Crippen LogP) is 2.30. The van der Waals surface area contributed by atoms with E-state index in [1.165, 1.54) is 0 Å². The lowest BCUT2D eigenvalue weighted by molar-refractivity contribution is -0.119. The number of nitrogens with one attached hydrogen (secondary N) is 1. The molecule has 0 aliphatic carbocycles. The van der Waals surface area contributed by atoms with Gasteiger partial charge in [-0.15, -0.1) is 0 Å². The first-order chi connectivity index (χ1) is 9.88. The van der Waals surface area contributed by atoms with Crippen LogP contribution in [0.4, 0.5) is 5.82 Å². The molecule has 0 aliphatic rings. The molecule has 112 valence electrons. The largest absolute Gasteiger partial charge is 0.465 e. The Kier molecular flexibility index (Phi) is 4.11. The van der Waals surface area contributed by atoms with Gasteiger partial charge in [0.2, 0.25) is 0 Å². The van der Waals surface area contributed by atoms with Gasteiger partial charge < -0.3 is 19.0 Å². The Morgan fingerprint density at radius 3 is 2.48 bits per heavy atom. The highest BCUT2D eigenvalue weighted by atomic mass is 16.5. The van der Waals surface area contributed by atoms with Gasteiger partial charge >= 0.3 is 5.97 Å². The van der Waals surface area contributed by atoms with Gasteiger partial charge in [-0.3, -0.25) is 4.79 Å². The van der Waals surface area contributed by atoms with Crippen molar-refractivity contribution in [3.05, 3.63) is 34.5 Å². The van der Waals surface area contributed by atoms with Gasteiger partial charge in [-0.1, -0.05) is 5.16 Å². The minimum Gasteiger partial charge on any atom is -0.465 e. The summed E-state index contributed by atoms with van der Waals surface area (Å²) < 4.78 is 15.1. The summed E-state index contributed by atoms with van der Waals surface area (Å²) in [5.41, 5.74) is 1.07. The van der Waals surface area contributed by atoms with Gasteiger partial charge in [0.25, 0.3) is 5.91 Å². The summed E-state index contributed by atoms with van der Waals surface area (Å²) in [6, 6.07) is 1.56. The van der Waals surface area contributed by atoms with Crippen LogP contribution in [0.2, 0.25) is 0 Å². The number of aromatic nitrogens is 1. The van der Waals surface area contributed by atoms with E-state index < -0.39 is 18.5 Å². The molecule has 0 atom stereocenters. The van der Waals surface area contributed by atoms with E-state index in [4.69, 9.17) is 13.7 Å². The Bertz CT molecular complexity index is 684. The van der Waals surface area contributed by atoms with Gasteiger partial charge in [0.1, 0.15) is 22.8 Å². The van der Waals surface area contributed by atoms with Crippen molar-refractivity contribution in [2.75, 3.05) is 11.9 Å². The van der Waals surface area contributed by atoms with Crippen LogP contribution in [0.1, 0.15) is 33.2 Å². The normalized spacial score (nSPS) is 10.5. The lowest BCUT2D eigenvalue weighted by Crippen LogP contribution is -2.21. The molecule has 0 aliphatic heterocycles. The van der Waals surface area contributed by atoms with Crippen molar-refractivity contribution < 1.29 is 23.3 Å². The minimum absolute atomic E-state index is 0.278. The molecule has 0 saturated heterocycles. The first-order valence-corrected chi connectivity index (χ1v) is 6.35. The molecule has 7 nitrogen and oxygen atoms in total. The van der Waals surface area contributed by atoms with Crippen molar-refractivity contribution in [2.24, 2.45) is 0 Å². The third-order valence-electron chi connectivity index (χ3n) is 3.00. The second-order valence-electron chi connectivity index (χ2n) is 4.66. The second kappa shape index (κ2) is 5.82. The van der Waals surface area contributed by atoms with Gasteiger partial charge in [-0.2, -0.15) is 0 Å². The molecule has 21 heavy (non-hydrogen) atoms. The molecule has 0 saturated carbocycles. The van der Waals surface area contributed by atoms with Crippen molar-refractivity contribution >= 4 is 17.7 Å². The number of nitrogens with zero attached hydrogens (tertiary/aromatic N) is 1. The Labute approximate surface area is 121 Å². The van der Waals surface area contributed by atoms with Crippen molar-refractivity contribution in [3.63, 3.8) is 0 Å². The zero-order valence-corrected chi connectivity index (χ0v) is 12.3. The standard InChI is InChI=1S/C14H16N2O5/c1-7-5-11(16-21-7)15-12(17)6-19-14(18)13-8(2)9(3)20-10(13)4/h5H,6H2,1-4H3,(H,15,16,17). The van der Waals surface area contributed by atoms with Crippen LogP contribution < -0.4 is 5.32 Å². The van der Waals surface area contributed by atoms with Gasteiger partial charge in [0, 0.05) is 11.6 Å². The highest BCUT2D eigenvalue weighted by molar-refractivity contribution is 5.96. The van der Waals surface area contributed by atoms with Gasteiger partial charge in [-0.25, -0.2) is 4.79 Å². The lowest BCUT2D eigenvalue weighted by Gasteiger charge is -2.04. The molecule has 1 amide bonds. The molecule has 0 bridgehead atoms. The Hall–Kier alpha value is -2.57. The van der Waals surface area contributed by atoms with Crippen molar-refractivity contribution in [1.29, 1.82) is 0 Å². The number of anilines is 1. The number of aryl methyl sites for hydroxylation is 3. The lowest BCUT2D eigenvalue weighted by atomic mass is 10.1. The summed E-state index contributed by atoms with van der Waals surface area (Å²) in [6.45, 7) is 6.50. The molecule has 1 N–H and O–H groups in total. The maximum atomic E-state index is 12.0. The van der Waals surface area contributed by atoms with Gasteiger partial charge in [0.05, 0.1) is 0 Å². The fraction of sp³-hybridized carbons (Fsp3) is 0.357. The van der Waals surface area contributed by atoms with E-state index in [0.717, 1.165) is 0 Å². The summed E-state index contributed by atoms with van der Waals surface area (Å²) >= 11 is 0. The fourth-order valence-electron chi connectivity index (χ4n) is 1.90. The number of carbonyl (C=O) groups is 2. The Morgan fingerprint density at radius 2 is 1.95 bits per heavy atom. The van der Waals surface area contributed by atoms with Crippen LogP contribution in [0, 0.1) is 27.7 Å². The average Bonchev–Trinajstić information content (AvgIpc) is 2.91. The van der Waals surface area contributed by atoms with E-state index in [1.54, 1.807) is 33.8 Å². The van der Waals surface area contributed by atoms with Crippen molar-refractivity contribution in [2.45, 2.75) is 27.7 Å². The van der Waals surface area contributed by atoms with Crippen molar-refractivity contribution in [1.82, 2.24) is 5.16 Å². The molecule has 0 radical (unpaired) electrons. The van der Waals surface area contributed by atoms with Crippen LogP contribution in [0.3, 0.4) is 0 Å². The van der Waals surface area contributed by atoms with E-state index in [2.05, 4.69) is 10.5 Å². The SMILES string of the molecule is Cc1cc(NC(=O)COC(=O)c2c(C)oc(C)c2C)no1. The average molecular weight is 292 g/mol. The van der Waals surface area contributed by atoms with Crippen LogP contribution in [0.25, 0.3) is 0 Å². The van der Waals surface area contributed by atoms with Gasteiger partial charge in [0.15, 0.2) is 12.4 Å². The van der Waals surface area contributed by atoms with Crippen LogP contribution >= 0.6 is 0 Å². The van der Waals surface area contributed by atoms with Gasteiger partial charge in [-0.05, 0) is 27.7 Å². The molecule has 0 aromatic carbocycles. The highest BCUT2D eigenvalue weighted by Crippen LogP contribution is 2.21. The summed E-state index contributed by atoms with van der Waals surface area (Å²) in [5.74, 6) is 0.896. The van der Waals surface area contributed by atoms with E-state index >= 15 is 0 Å². The van der Waals surface area contributed by atoms with Crippen LogP contribution in [-0.4, -0.2) is 23.6 Å². The number of esters is 1. The summed E-state index contributed by atoms with van der Waals surface area (Å²) in [7, 11) is 0. The van der Waals surface area contributed by atoms with E-state index in [1.807, 2.05) is 0 Å². The minimum atomic E-state index is -0.590. The van der Waals surface area contributed by atoms with E-state index in [0.29, 0.717) is 28.4 Å². The molecule has 2 aromatic heterocycles. The molecule has 2 aromatic rings. The molecule has 0 unspecified atom stereocenters. The number of hydrogen-bond acceptors (Lipinski definition) is 6. The smallest absolute Gasteiger partial charge is 0.342 e. The van der Waals surface area contributed by atoms with Crippen LogP contribution in [0.15, 0.2) is 15.0 Å². The monoisotopic (exact) mass is 292 g/mol. The number of amides is 1. The molecule has 2 rings (SSSR count).